The second-order valence-electron chi connectivity index (χ2n) is 10.4. The number of carbonyl (C=O) groups is 2. The van der Waals surface area contributed by atoms with E-state index in [4.69, 9.17) is 23.2 Å². The van der Waals surface area contributed by atoms with E-state index in [-0.39, 0.29) is 23.4 Å². The van der Waals surface area contributed by atoms with Gasteiger partial charge in [-0.2, -0.15) is 0 Å². The van der Waals surface area contributed by atoms with Gasteiger partial charge in [-0.05, 0) is 88.1 Å². The van der Waals surface area contributed by atoms with Gasteiger partial charge in [0, 0.05) is 22.6 Å². The van der Waals surface area contributed by atoms with E-state index in [1.165, 1.54) is 17.0 Å². The number of rotatable bonds is 11. The Kier molecular flexibility index (Phi) is 10.9. The standard InChI is InChI=1S/C31H37Cl2N3O4S/c1-7-28(31(38)34-20(2)3)35(18-24-13-14-25(32)17-27(24)33)30(37)19-36(29-10-8-9-22(5)23(29)6)41(39,40)26-15-11-21(4)12-16-26/h8-17,20,28H,7,18-19H2,1-6H3,(H,34,38)/t28-/m1/s1. The van der Waals surface area contributed by atoms with Crippen molar-refractivity contribution in [2.24, 2.45) is 0 Å². The first-order valence-electron chi connectivity index (χ1n) is 13.5. The Hall–Kier alpha value is -3.07. The van der Waals surface area contributed by atoms with E-state index < -0.39 is 28.5 Å². The first-order chi connectivity index (χ1) is 19.3. The summed E-state index contributed by atoms with van der Waals surface area (Å²) >= 11 is 12.6. The van der Waals surface area contributed by atoms with E-state index >= 15 is 0 Å². The number of hydrogen-bond donors (Lipinski definition) is 1. The molecule has 10 heteroatoms. The highest BCUT2D eigenvalue weighted by atomic mass is 35.5. The van der Waals surface area contributed by atoms with Crippen molar-refractivity contribution in [1.82, 2.24) is 10.2 Å². The molecule has 0 heterocycles. The second kappa shape index (κ2) is 13.7. The SMILES string of the molecule is CC[C@H](C(=O)NC(C)C)N(Cc1ccc(Cl)cc1Cl)C(=O)CN(c1cccc(C)c1C)S(=O)(=O)c1ccc(C)cc1. The van der Waals surface area contributed by atoms with Gasteiger partial charge in [0.15, 0.2) is 0 Å². The number of hydrogen-bond acceptors (Lipinski definition) is 4. The number of halogens is 2. The van der Waals surface area contributed by atoms with E-state index in [2.05, 4.69) is 5.32 Å². The van der Waals surface area contributed by atoms with Gasteiger partial charge in [-0.15, -0.1) is 0 Å². The molecule has 0 saturated heterocycles. The van der Waals surface area contributed by atoms with Crippen molar-refractivity contribution in [2.45, 2.75) is 71.5 Å². The Labute approximate surface area is 253 Å². The highest BCUT2D eigenvalue weighted by molar-refractivity contribution is 7.92. The molecule has 7 nitrogen and oxygen atoms in total. The zero-order valence-corrected chi connectivity index (χ0v) is 26.6. The lowest BCUT2D eigenvalue weighted by Gasteiger charge is -2.34. The summed E-state index contributed by atoms with van der Waals surface area (Å²) in [4.78, 5) is 28.9. The van der Waals surface area contributed by atoms with Crippen molar-refractivity contribution >= 4 is 50.7 Å². The topological polar surface area (TPSA) is 86.8 Å². The average molecular weight is 619 g/mol. The van der Waals surface area contributed by atoms with Crippen LogP contribution in [0.5, 0.6) is 0 Å². The molecule has 1 N–H and O–H groups in total. The summed E-state index contributed by atoms with van der Waals surface area (Å²) in [5.74, 6) is -0.876. The number of anilines is 1. The van der Waals surface area contributed by atoms with Crippen molar-refractivity contribution < 1.29 is 18.0 Å². The zero-order valence-electron chi connectivity index (χ0n) is 24.2. The summed E-state index contributed by atoms with van der Waals surface area (Å²) in [5, 5.41) is 3.66. The van der Waals surface area contributed by atoms with Gasteiger partial charge in [0.1, 0.15) is 12.6 Å². The van der Waals surface area contributed by atoms with Gasteiger partial charge in [-0.3, -0.25) is 13.9 Å². The Morgan fingerprint density at radius 1 is 0.951 bits per heavy atom. The highest BCUT2D eigenvalue weighted by Gasteiger charge is 2.34. The summed E-state index contributed by atoms with van der Waals surface area (Å²) in [6.45, 7) is 10.5. The number of amides is 2. The van der Waals surface area contributed by atoms with E-state index in [0.717, 1.165) is 21.0 Å². The van der Waals surface area contributed by atoms with Gasteiger partial charge in [0.05, 0.1) is 10.6 Å². The summed E-state index contributed by atoms with van der Waals surface area (Å²) in [7, 11) is -4.16. The minimum atomic E-state index is -4.16. The fourth-order valence-corrected chi connectivity index (χ4v) is 6.43. The van der Waals surface area contributed by atoms with E-state index in [9.17, 15) is 18.0 Å². The van der Waals surface area contributed by atoms with Gasteiger partial charge in [0.25, 0.3) is 10.0 Å². The Bertz CT molecular complexity index is 1510. The van der Waals surface area contributed by atoms with Crippen LogP contribution in [0.3, 0.4) is 0 Å². The lowest BCUT2D eigenvalue weighted by Crippen LogP contribution is -2.53. The molecule has 0 radical (unpaired) electrons. The van der Waals surface area contributed by atoms with Crippen molar-refractivity contribution in [1.29, 1.82) is 0 Å². The molecule has 2 amide bonds. The predicted octanol–water partition coefficient (Wildman–Crippen LogP) is 6.45. The third-order valence-corrected chi connectivity index (χ3v) is 9.27. The normalized spacial score (nSPS) is 12.2. The molecule has 3 aromatic rings. The van der Waals surface area contributed by atoms with Crippen LogP contribution in [0.25, 0.3) is 0 Å². The molecule has 0 spiro atoms. The summed E-state index contributed by atoms with van der Waals surface area (Å²) in [6.07, 6.45) is 0.309. The second-order valence-corrected chi connectivity index (χ2v) is 13.1. The molecule has 220 valence electrons. The highest BCUT2D eigenvalue weighted by Crippen LogP contribution is 2.30. The van der Waals surface area contributed by atoms with E-state index in [1.54, 1.807) is 49.4 Å². The van der Waals surface area contributed by atoms with Crippen LogP contribution in [0.2, 0.25) is 10.0 Å². The molecule has 0 bridgehead atoms. The van der Waals surface area contributed by atoms with Gasteiger partial charge in [-0.25, -0.2) is 8.42 Å². The quantitative estimate of drug-likeness (QED) is 0.268. The number of benzene rings is 3. The van der Waals surface area contributed by atoms with Crippen LogP contribution in [0.1, 0.15) is 49.4 Å². The molecule has 0 saturated carbocycles. The fourth-order valence-electron chi connectivity index (χ4n) is 4.49. The third kappa shape index (κ3) is 7.82. The maximum atomic E-state index is 14.2. The van der Waals surface area contributed by atoms with Crippen molar-refractivity contribution in [3.63, 3.8) is 0 Å². The number of carbonyl (C=O) groups excluding carboxylic acids is 2. The first-order valence-corrected chi connectivity index (χ1v) is 15.6. The first kappa shape index (κ1) is 32.4. The minimum absolute atomic E-state index is 0.00984. The molecule has 0 unspecified atom stereocenters. The van der Waals surface area contributed by atoms with Crippen LogP contribution >= 0.6 is 23.2 Å². The molecule has 0 aliphatic carbocycles. The van der Waals surface area contributed by atoms with Crippen LogP contribution in [-0.4, -0.2) is 43.8 Å². The Morgan fingerprint density at radius 3 is 2.20 bits per heavy atom. The van der Waals surface area contributed by atoms with Gasteiger partial charge < -0.3 is 10.2 Å². The Morgan fingerprint density at radius 2 is 1.61 bits per heavy atom. The number of sulfonamides is 1. The summed E-state index contributed by atoms with van der Waals surface area (Å²) in [5.41, 5.74) is 3.49. The molecule has 3 aromatic carbocycles. The number of nitrogens with one attached hydrogen (secondary N) is 1. The number of nitrogens with zero attached hydrogens (tertiary/aromatic N) is 2. The van der Waals surface area contributed by atoms with E-state index in [0.29, 0.717) is 27.7 Å². The largest absolute Gasteiger partial charge is 0.352 e. The van der Waals surface area contributed by atoms with Crippen molar-refractivity contribution in [3.05, 3.63) is 93.0 Å². The monoisotopic (exact) mass is 617 g/mol. The van der Waals surface area contributed by atoms with E-state index in [1.807, 2.05) is 40.7 Å². The lowest BCUT2D eigenvalue weighted by molar-refractivity contribution is -0.140. The maximum Gasteiger partial charge on any atom is 0.264 e. The summed E-state index contributed by atoms with van der Waals surface area (Å²) < 4.78 is 29.3. The molecule has 0 aliphatic rings. The van der Waals surface area contributed by atoms with Gasteiger partial charge in [-0.1, -0.05) is 66.0 Å². The molecule has 41 heavy (non-hydrogen) atoms. The fraction of sp³-hybridized carbons (Fsp3) is 0.355. The Balaban J connectivity index is 2.13. The minimum Gasteiger partial charge on any atom is -0.352 e. The molecular formula is C31H37Cl2N3O4S. The number of aryl methyl sites for hydroxylation is 2. The smallest absolute Gasteiger partial charge is 0.264 e. The van der Waals surface area contributed by atoms with Gasteiger partial charge >= 0.3 is 0 Å². The maximum absolute atomic E-state index is 14.2. The van der Waals surface area contributed by atoms with Gasteiger partial charge in [0.2, 0.25) is 11.8 Å². The zero-order chi connectivity index (χ0) is 30.5. The third-order valence-electron chi connectivity index (χ3n) is 6.91. The predicted molar refractivity (Wildman–Crippen MR) is 166 cm³/mol. The van der Waals surface area contributed by atoms with Crippen LogP contribution < -0.4 is 9.62 Å². The van der Waals surface area contributed by atoms with Crippen molar-refractivity contribution in [2.75, 3.05) is 10.8 Å². The van der Waals surface area contributed by atoms with Crippen molar-refractivity contribution in [3.8, 4) is 0 Å². The van der Waals surface area contributed by atoms with Crippen LogP contribution in [-0.2, 0) is 26.2 Å². The molecule has 1 atom stereocenters. The molecule has 3 rings (SSSR count). The van der Waals surface area contributed by atoms with Crippen LogP contribution in [0.4, 0.5) is 5.69 Å². The molecular weight excluding hydrogens is 581 g/mol. The summed E-state index contributed by atoms with van der Waals surface area (Å²) in [6, 6.07) is 15.7. The lowest BCUT2D eigenvalue weighted by atomic mass is 10.1. The molecule has 0 aliphatic heterocycles. The molecule has 0 fully saturated rings. The van der Waals surface area contributed by atoms with Crippen LogP contribution in [0, 0.1) is 20.8 Å². The molecule has 0 aromatic heterocycles. The van der Waals surface area contributed by atoms with Crippen LogP contribution in [0.15, 0.2) is 65.6 Å². The average Bonchev–Trinajstić information content (AvgIpc) is 2.90.